The van der Waals surface area contributed by atoms with E-state index in [1.807, 2.05) is 0 Å². The van der Waals surface area contributed by atoms with Crippen LogP contribution in [-0.2, 0) is 6.18 Å². The molecular formula is C14H7F5O2. The van der Waals surface area contributed by atoms with Gasteiger partial charge in [0.05, 0.1) is 11.1 Å². The molecular weight excluding hydrogens is 295 g/mol. The van der Waals surface area contributed by atoms with Gasteiger partial charge in [0.1, 0.15) is 5.75 Å². The summed E-state index contributed by atoms with van der Waals surface area (Å²) in [5, 5.41) is 0. The predicted molar refractivity (Wildman–Crippen MR) is 63.3 cm³/mol. The molecule has 0 spiro atoms. The van der Waals surface area contributed by atoms with Crippen LogP contribution in [0.1, 0.15) is 15.9 Å². The second-order valence-corrected chi connectivity index (χ2v) is 4.02. The number of alkyl halides is 3. The van der Waals surface area contributed by atoms with E-state index < -0.39 is 29.1 Å². The van der Waals surface area contributed by atoms with Crippen molar-refractivity contribution in [2.75, 3.05) is 0 Å². The van der Waals surface area contributed by atoms with E-state index in [0.717, 1.165) is 0 Å². The minimum atomic E-state index is -4.87. The molecule has 110 valence electrons. The van der Waals surface area contributed by atoms with Gasteiger partial charge >= 0.3 is 6.18 Å². The molecule has 0 aliphatic heterocycles. The molecule has 0 fully saturated rings. The number of para-hydroxylation sites is 1. The third-order valence-corrected chi connectivity index (χ3v) is 2.58. The SMILES string of the molecule is O=Cc1ccccc1Oc1c(F)cc(C(F)(F)F)cc1F. The predicted octanol–water partition coefficient (Wildman–Crippen LogP) is 4.59. The van der Waals surface area contributed by atoms with Gasteiger partial charge in [0.25, 0.3) is 0 Å². The van der Waals surface area contributed by atoms with E-state index in [2.05, 4.69) is 0 Å². The topological polar surface area (TPSA) is 26.3 Å². The first-order valence-corrected chi connectivity index (χ1v) is 5.61. The molecule has 0 heterocycles. The monoisotopic (exact) mass is 302 g/mol. The minimum Gasteiger partial charge on any atom is -0.450 e. The Hall–Kier alpha value is -2.44. The smallest absolute Gasteiger partial charge is 0.416 e. The van der Waals surface area contributed by atoms with E-state index in [1.54, 1.807) is 0 Å². The molecule has 21 heavy (non-hydrogen) atoms. The Bertz CT molecular complexity index is 656. The fourth-order valence-electron chi connectivity index (χ4n) is 1.60. The summed E-state index contributed by atoms with van der Waals surface area (Å²) in [6.07, 6.45) is -4.48. The molecule has 0 radical (unpaired) electrons. The van der Waals surface area contributed by atoms with Crippen molar-refractivity contribution < 1.29 is 31.5 Å². The van der Waals surface area contributed by atoms with Crippen molar-refractivity contribution >= 4 is 6.29 Å². The summed E-state index contributed by atoms with van der Waals surface area (Å²) in [7, 11) is 0. The summed E-state index contributed by atoms with van der Waals surface area (Å²) in [6.45, 7) is 0. The van der Waals surface area contributed by atoms with Crippen molar-refractivity contribution in [1.82, 2.24) is 0 Å². The molecule has 2 nitrogen and oxygen atoms in total. The van der Waals surface area contributed by atoms with Gasteiger partial charge in [0.2, 0.25) is 0 Å². The molecule has 0 aliphatic rings. The Labute approximate surface area is 115 Å². The van der Waals surface area contributed by atoms with Gasteiger partial charge in [-0.3, -0.25) is 4.79 Å². The van der Waals surface area contributed by atoms with Gasteiger partial charge in [-0.2, -0.15) is 13.2 Å². The normalized spacial score (nSPS) is 11.3. The highest BCUT2D eigenvalue weighted by Crippen LogP contribution is 2.35. The lowest BCUT2D eigenvalue weighted by Crippen LogP contribution is -2.07. The van der Waals surface area contributed by atoms with Crippen LogP contribution in [0.3, 0.4) is 0 Å². The Balaban J connectivity index is 2.44. The van der Waals surface area contributed by atoms with Crippen LogP contribution in [0.4, 0.5) is 22.0 Å². The average molecular weight is 302 g/mol. The first kappa shape index (κ1) is 15.0. The molecule has 0 aliphatic carbocycles. The van der Waals surface area contributed by atoms with E-state index in [1.165, 1.54) is 24.3 Å². The molecule has 0 aromatic heterocycles. The van der Waals surface area contributed by atoms with Gasteiger partial charge in [-0.05, 0) is 24.3 Å². The molecule has 2 aromatic carbocycles. The maximum atomic E-state index is 13.6. The van der Waals surface area contributed by atoms with Crippen LogP contribution in [0.2, 0.25) is 0 Å². The third kappa shape index (κ3) is 3.18. The van der Waals surface area contributed by atoms with Crippen molar-refractivity contribution in [2.45, 2.75) is 6.18 Å². The van der Waals surface area contributed by atoms with Crippen molar-refractivity contribution in [3.05, 3.63) is 59.2 Å². The maximum Gasteiger partial charge on any atom is 0.416 e. The molecule has 0 saturated carbocycles. The number of halogens is 5. The van der Waals surface area contributed by atoms with Crippen LogP contribution in [-0.4, -0.2) is 6.29 Å². The number of rotatable bonds is 3. The van der Waals surface area contributed by atoms with Gasteiger partial charge in [-0.25, -0.2) is 8.78 Å². The number of carbonyl (C=O) groups is 1. The highest BCUT2D eigenvalue weighted by Gasteiger charge is 2.33. The number of hydrogen-bond acceptors (Lipinski definition) is 2. The average Bonchev–Trinajstić information content (AvgIpc) is 2.42. The summed E-state index contributed by atoms with van der Waals surface area (Å²) in [5.41, 5.74) is -1.45. The number of carbonyl (C=O) groups excluding carboxylic acids is 1. The highest BCUT2D eigenvalue weighted by molar-refractivity contribution is 5.79. The second-order valence-electron chi connectivity index (χ2n) is 4.02. The van der Waals surface area contributed by atoms with Gasteiger partial charge < -0.3 is 4.74 Å². The van der Waals surface area contributed by atoms with Crippen LogP contribution in [0.25, 0.3) is 0 Å². The highest BCUT2D eigenvalue weighted by atomic mass is 19.4. The van der Waals surface area contributed by atoms with Gasteiger partial charge in [-0.1, -0.05) is 12.1 Å². The molecule has 0 N–H and O–H groups in total. The van der Waals surface area contributed by atoms with Crippen molar-refractivity contribution in [2.24, 2.45) is 0 Å². The standard InChI is InChI=1S/C14H7F5O2/c15-10-5-9(14(17,18)19)6-11(16)13(10)21-12-4-2-1-3-8(12)7-20/h1-7H. The lowest BCUT2D eigenvalue weighted by atomic mass is 10.2. The van der Waals surface area contributed by atoms with Crippen LogP contribution in [0.15, 0.2) is 36.4 Å². The second kappa shape index (κ2) is 5.51. The number of benzene rings is 2. The van der Waals surface area contributed by atoms with Crippen LogP contribution < -0.4 is 4.74 Å². The van der Waals surface area contributed by atoms with Crippen molar-refractivity contribution in [1.29, 1.82) is 0 Å². The van der Waals surface area contributed by atoms with Gasteiger partial charge in [-0.15, -0.1) is 0 Å². The molecule has 0 amide bonds. The number of hydrogen-bond donors (Lipinski definition) is 0. The van der Waals surface area contributed by atoms with Crippen molar-refractivity contribution in [3.63, 3.8) is 0 Å². The van der Waals surface area contributed by atoms with E-state index in [9.17, 15) is 26.7 Å². The molecule has 0 unspecified atom stereocenters. The summed E-state index contributed by atoms with van der Waals surface area (Å²) < 4.78 is 69.3. The Morgan fingerprint density at radius 3 is 2.10 bits per heavy atom. The zero-order valence-electron chi connectivity index (χ0n) is 10.2. The zero-order valence-corrected chi connectivity index (χ0v) is 10.2. The first-order valence-electron chi connectivity index (χ1n) is 5.61. The summed E-state index contributed by atoms with van der Waals surface area (Å²) in [6, 6.07) is 5.80. The largest absolute Gasteiger partial charge is 0.450 e. The molecule has 0 bridgehead atoms. The summed E-state index contributed by atoms with van der Waals surface area (Å²) in [4.78, 5) is 10.8. The van der Waals surface area contributed by atoms with Crippen molar-refractivity contribution in [3.8, 4) is 11.5 Å². The molecule has 2 aromatic rings. The van der Waals surface area contributed by atoms with Gasteiger partial charge in [0, 0.05) is 0 Å². The van der Waals surface area contributed by atoms with Gasteiger partial charge in [0.15, 0.2) is 23.7 Å². The molecule has 7 heteroatoms. The van der Waals surface area contributed by atoms with Crippen LogP contribution >= 0.6 is 0 Å². The van der Waals surface area contributed by atoms with Crippen LogP contribution in [0, 0.1) is 11.6 Å². The maximum absolute atomic E-state index is 13.6. The lowest BCUT2D eigenvalue weighted by Gasteiger charge is -2.12. The summed E-state index contributed by atoms with van der Waals surface area (Å²) >= 11 is 0. The Morgan fingerprint density at radius 2 is 1.57 bits per heavy atom. The molecule has 0 saturated heterocycles. The zero-order chi connectivity index (χ0) is 15.6. The van der Waals surface area contributed by atoms with E-state index >= 15 is 0 Å². The van der Waals surface area contributed by atoms with E-state index in [4.69, 9.17) is 4.74 Å². The summed E-state index contributed by atoms with van der Waals surface area (Å²) in [5.74, 6) is -4.19. The minimum absolute atomic E-state index is 0.0104. The Morgan fingerprint density at radius 1 is 1.00 bits per heavy atom. The molecule has 2 rings (SSSR count). The fourth-order valence-corrected chi connectivity index (χ4v) is 1.60. The van der Waals surface area contributed by atoms with E-state index in [0.29, 0.717) is 6.29 Å². The van der Waals surface area contributed by atoms with Crippen LogP contribution in [0.5, 0.6) is 11.5 Å². The fraction of sp³-hybridized carbons (Fsp3) is 0.0714. The number of ether oxygens (including phenoxy) is 1. The molecule has 0 atom stereocenters. The lowest BCUT2D eigenvalue weighted by molar-refractivity contribution is -0.138. The Kier molecular flexibility index (Phi) is 3.93. The third-order valence-electron chi connectivity index (χ3n) is 2.58. The van der Waals surface area contributed by atoms with E-state index in [-0.39, 0.29) is 23.4 Å². The number of aldehydes is 1. The quantitative estimate of drug-likeness (QED) is 0.612. The first-order chi connectivity index (χ1) is 9.82.